The van der Waals surface area contributed by atoms with E-state index in [0.29, 0.717) is 11.5 Å². The number of aldehydes is 1. The molecule has 0 spiro atoms. The molecule has 0 aromatic heterocycles. The second-order valence-electron chi connectivity index (χ2n) is 6.41. The number of carbonyl (C=O) groups is 1. The van der Waals surface area contributed by atoms with Crippen molar-refractivity contribution in [2.45, 2.75) is 52.6 Å². The van der Waals surface area contributed by atoms with Gasteiger partial charge in [-0.25, -0.2) is 0 Å². The van der Waals surface area contributed by atoms with Gasteiger partial charge in [-0.1, -0.05) is 33.3 Å². The normalized spacial score (nSPS) is 42.1. The molecular weight excluding hydrogens is 200 g/mol. The monoisotopic (exact) mass is 222 g/mol. The predicted octanol–water partition coefficient (Wildman–Crippen LogP) is 2.71. The van der Waals surface area contributed by atoms with E-state index in [0.717, 1.165) is 19.1 Å². The third-order valence-corrected chi connectivity index (χ3v) is 4.75. The van der Waals surface area contributed by atoms with E-state index < -0.39 is 6.10 Å². The van der Waals surface area contributed by atoms with E-state index in [1.165, 1.54) is 12.8 Å². The van der Waals surface area contributed by atoms with Gasteiger partial charge < -0.3 is 5.11 Å². The topological polar surface area (TPSA) is 37.3 Å². The Morgan fingerprint density at radius 1 is 1.38 bits per heavy atom. The lowest BCUT2D eigenvalue weighted by atomic mass is 9.52. The summed E-state index contributed by atoms with van der Waals surface area (Å²) in [4.78, 5) is 10.9. The highest BCUT2D eigenvalue weighted by Gasteiger charge is 2.48. The lowest BCUT2D eigenvalue weighted by molar-refractivity contribution is -0.106. The van der Waals surface area contributed by atoms with Crippen molar-refractivity contribution >= 4 is 6.29 Å². The number of rotatable bonds is 1. The molecule has 2 unspecified atom stereocenters. The molecule has 0 saturated heterocycles. The van der Waals surface area contributed by atoms with Gasteiger partial charge in [0, 0.05) is 5.57 Å². The summed E-state index contributed by atoms with van der Waals surface area (Å²) < 4.78 is 0. The van der Waals surface area contributed by atoms with Gasteiger partial charge in [-0.2, -0.15) is 0 Å². The lowest BCUT2D eigenvalue weighted by Gasteiger charge is -2.52. The van der Waals surface area contributed by atoms with E-state index in [1.807, 2.05) is 6.08 Å². The average Bonchev–Trinajstić information content (AvgIpc) is 2.19. The molecule has 2 aliphatic carbocycles. The van der Waals surface area contributed by atoms with Crippen molar-refractivity contribution in [3.8, 4) is 0 Å². The Hall–Kier alpha value is -0.630. The quantitative estimate of drug-likeness (QED) is 0.693. The first-order valence-electron chi connectivity index (χ1n) is 6.25. The van der Waals surface area contributed by atoms with Crippen molar-refractivity contribution < 1.29 is 9.90 Å². The Balaban J connectivity index is 2.39. The highest BCUT2D eigenvalue weighted by molar-refractivity contribution is 5.75. The summed E-state index contributed by atoms with van der Waals surface area (Å²) in [7, 11) is 0. The maximum Gasteiger partial charge on any atom is 0.148 e. The van der Waals surface area contributed by atoms with Crippen LogP contribution in [0.2, 0.25) is 0 Å². The Morgan fingerprint density at radius 3 is 2.69 bits per heavy atom. The van der Waals surface area contributed by atoms with Crippen LogP contribution < -0.4 is 0 Å². The molecule has 2 nitrogen and oxygen atoms in total. The second-order valence-corrected chi connectivity index (χ2v) is 6.41. The van der Waals surface area contributed by atoms with E-state index in [4.69, 9.17) is 0 Å². The molecule has 0 aromatic carbocycles. The van der Waals surface area contributed by atoms with Gasteiger partial charge in [0.1, 0.15) is 6.29 Å². The van der Waals surface area contributed by atoms with Crippen molar-refractivity contribution in [1.29, 1.82) is 0 Å². The molecule has 90 valence electrons. The first kappa shape index (κ1) is 11.8. The largest absolute Gasteiger partial charge is 0.388 e. The number of aliphatic hydroxyl groups excluding tert-OH is 1. The van der Waals surface area contributed by atoms with Crippen LogP contribution in [0.5, 0.6) is 0 Å². The fourth-order valence-electron chi connectivity index (χ4n) is 3.88. The second kappa shape index (κ2) is 3.69. The van der Waals surface area contributed by atoms with Gasteiger partial charge in [0.05, 0.1) is 6.10 Å². The van der Waals surface area contributed by atoms with Crippen molar-refractivity contribution in [3.05, 3.63) is 11.6 Å². The van der Waals surface area contributed by atoms with E-state index in [9.17, 15) is 9.90 Å². The van der Waals surface area contributed by atoms with Crippen LogP contribution in [-0.2, 0) is 4.79 Å². The molecule has 2 aliphatic rings. The van der Waals surface area contributed by atoms with Gasteiger partial charge in [-0.3, -0.25) is 4.79 Å². The summed E-state index contributed by atoms with van der Waals surface area (Å²) >= 11 is 0. The highest BCUT2D eigenvalue weighted by Crippen LogP contribution is 2.56. The van der Waals surface area contributed by atoms with Gasteiger partial charge in [0.2, 0.25) is 0 Å². The molecule has 0 bridgehead atoms. The summed E-state index contributed by atoms with van der Waals surface area (Å²) in [6.45, 7) is 6.83. The van der Waals surface area contributed by atoms with Crippen LogP contribution in [0.25, 0.3) is 0 Å². The fraction of sp³-hybridized carbons (Fsp3) is 0.786. The number of allylic oxidation sites excluding steroid dienone is 1. The number of hydrogen-bond donors (Lipinski definition) is 1. The molecule has 1 fully saturated rings. The van der Waals surface area contributed by atoms with Crippen LogP contribution in [0.1, 0.15) is 46.5 Å². The summed E-state index contributed by atoms with van der Waals surface area (Å²) in [5.41, 5.74) is 0.979. The summed E-state index contributed by atoms with van der Waals surface area (Å²) in [5.74, 6) is 0.493. The average molecular weight is 222 g/mol. The van der Waals surface area contributed by atoms with Gasteiger partial charge in [-0.05, 0) is 36.0 Å². The Kier molecular flexibility index (Phi) is 2.73. The van der Waals surface area contributed by atoms with Crippen LogP contribution >= 0.6 is 0 Å². The lowest BCUT2D eigenvalue weighted by Crippen LogP contribution is -2.46. The highest BCUT2D eigenvalue weighted by atomic mass is 16.3. The molecule has 0 aromatic rings. The zero-order valence-corrected chi connectivity index (χ0v) is 10.5. The van der Waals surface area contributed by atoms with Crippen molar-refractivity contribution in [1.82, 2.24) is 0 Å². The Labute approximate surface area is 97.7 Å². The molecule has 1 saturated carbocycles. The molecule has 0 radical (unpaired) electrons. The maximum atomic E-state index is 10.9. The molecule has 2 rings (SSSR count). The summed E-state index contributed by atoms with van der Waals surface area (Å²) in [6.07, 6.45) is 6.66. The smallest absolute Gasteiger partial charge is 0.148 e. The van der Waals surface area contributed by atoms with E-state index in [-0.39, 0.29) is 10.8 Å². The molecule has 0 aliphatic heterocycles. The van der Waals surface area contributed by atoms with Crippen LogP contribution in [0.15, 0.2) is 11.6 Å². The molecule has 16 heavy (non-hydrogen) atoms. The number of aliphatic hydroxyl groups is 1. The minimum Gasteiger partial charge on any atom is -0.388 e. The zero-order valence-electron chi connectivity index (χ0n) is 10.5. The predicted molar refractivity (Wildman–Crippen MR) is 64.0 cm³/mol. The SMILES string of the molecule is CC1(C)CCC[C@]2(C)C=C(C=O)C(O)CC12. The minimum atomic E-state index is -0.548. The van der Waals surface area contributed by atoms with E-state index in [2.05, 4.69) is 20.8 Å². The van der Waals surface area contributed by atoms with Crippen LogP contribution in [0.4, 0.5) is 0 Å². The van der Waals surface area contributed by atoms with Crippen LogP contribution in [-0.4, -0.2) is 17.5 Å². The van der Waals surface area contributed by atoms with Crippen LogP contribution in [0.3, 0.4) is 0 Å². The number of fused-ring (bicyclic) bond motifs is 1. The summed E-state index contributed by atoms with van der Waals surface area (Å²) in [6, 6.07) is 0. The van der Waals surface area contributed by atoms with E-state index in [1.54, 1.807) is 0 Å². The number of hydrogen-bond acceptors (Lipinski definition) is 2. The molecule has 3 atom stereocenters. The molecule has 1 N–H and O–H groups in total. The fourth-order valence-corrected chi connectivity index (χ4v) is 3.88. The first-order valence-corrected chi connectivity index (χ1v) is 6.25. The maximum absolute atomic E-state index is 10.9. The van der Waals surface area contributed by atoms with Gasteiger partial charge in [0.25, 0.3) is 0 Å². The van der Waals surface area contributed by atoms with Crippen molar-refractivity contribution in [2.75, 3.05) is 0 Å². The van der Waals surface area contributed by atoms with Gasteiger partial charge >= 0.3 is 0 Å². The Morgan fingerprint density at radius 2 is 2.06 bits per heavy atom. The molecule has 0 heterocycles. The van der Waals surface area contributed by atoms with Gasteiger partial charge in [-0.15, -0.1) is 0 Å². The number of carbonyl (C=O) groups excluding carboxylic acids is 1. The standard InChI is InChI=1S/C14H22O2/c1-13(2)5-4-6-14(3)8-10(9-15)11(16)7-12(13)14/h8-9,11-12,16H,4-7H2,1-3H3/t11?,12?,14-/m1/s1. The van der Waals surface area contributed by atoms with Crippen molar-refractivity contribution in [2.24, 2.45) is 16.7 Å². The van der Waals surface area contributed by atoms with Crippen LogP contribution in [0, 0.1) is 16.7 Å². The molecule has 0 amide bonds. The third-order valence-electron chi connectivity index (χ3n) is 4.75. The van der Waals surface area contributed by atoms with E-state index >= 15 is 0 Å². The molecule has 2 heteroatoms. The van der Waals surface area contributed by atoms with Gasteiger partial charge in [0.15, 0.2) is 0 Å². The minimum absolute atomic E-state index is 0.108. The summed E-state index contributed by atoms with van der Waals surface area (Å²) in [5, 5.41) is 9.95. The van der Waals surface area contributed by atoms with Crippen molar-refractivity contribution in [3.63, 3.8) is 0 Å². The molecular formula is C14H22O2. The third kappa shape index (κ3) is 1.73. The zero-order chi connectivity index (χ0) is 12.0. The Bertz CT molecular complexity index is 330. The first-order chi connectivity index (χ1) is 7.39.